The molecule has 1 N–H and O–H groups in total. The number of imidazole rings is 1. The summed E-state index contributed by atoms with van der Waals surface area (Å²) >= 11 is 0. The molecule has 2 aromatic heterocycles. The van der Waals surface area contributed by atoms with Gasteiger partial charge in [0.2, 0.25) is 16.8 Å². The van der Waals surface area contributed by atoms with Crippen LogP contribution in [-0.4, -0.2) is 47.6 Å². The summed E-state index contributed by atoms with van der Waals surface area (Å²) in [6.07, 6.45) is 3.38. The van der Waals surface area contributed by atoms with Crippen LogP contribution in [0.1, 0.15) is 30.1 Å². The molecule has 36 heavy (non-hydrogen) atoms. The van der Waals surface area contributed by atoms with E-state index in [0.717, 1.165) is 46.9 Å². The lowest BCUT2D eigenvalue weighted by Crippen LogP contribution is -2.40. The molecule has 184 valence electrons. The predicted octanol–water partition coefficient (Wildman–Crippen LogP) is 4.58. The van der Waals surface area contributed by atoms with Gasteiger partial charge in [-0.05, 0) is 48.7 Å². The number of hydrogen-bond acceptors (Lipinski definition) is 6. The zero-order chi connectivity index (χ0) is 24.5. The van der Waals surface area contributed by atoms with Crippen LogP contribution in [-0.2, 0) is 15.8 Å². The summed E-state index contributed by atoms with van der Waals surface area (Å²) in [5, 5.41) is 0. The van der Waals surface area contributed by atoms with Gasteiger partial charge in [-0.15, -0.1) is 0 Å². The minimum atomic E-state index is -3.44. The Morgan fingerprint density at radius 1 is 1.00 bits per heavy atom. The first-order chi connectivity index (χ1) is 17.6. The molecule has 0 radical (unpaired) electrons. The highest BCUT2D eigenvalue weighted by atomic mass is 32.2. The molecule has 0 saturated carbocycles. The van der Waals surface area contributed by atoms with Crippen molar-refractivity contribution in [3.05, 3.63) is 84.3 Å². The summed E-state index contributed by atoms with van der Waals surface area (Å²) in [6.45, 7) is 1.12. The molecule has 1 fully saturated rings. The van der Waals surface area contributed by atoms with Crippen LogP contribution in [0.4, 0.5) is 0 Å². The molecule has 4 heterocycles. The summed E-state index contributed by atoms with van der Waals surface area (Å²) in [5.41, 5.74) is 4.00. The number of fused-ring (bicyclic) bond motifs is 1. The van der Waals surface area contributed by atoms with Crippen LogP contribution in [0, 0.1) is 0 Å². The maximum absolute atomic E-state index is 13.2. The molecule has 2 aliphatic rings. The van der Waals surface area contributed by atoms with E-state index in [0.29, 0.717) is 24.6 Å². The van der Waals surface area contributed by atoms with Crippen molar-refractivity contribution in [3.8, 4) is 34.1 Å². The van der Waals surface area contributed by atoms with Crippen LogP contribution >= 0.6 is 0 Å². The number of nitrogens with zero attached hydrogens (tertiary/aromatic N) is 3. The number of piperidine rings is 1. The van der Waals surface area contributed by atoms with Gasteiger partial charge in [0, 0.05) is 30.8 Å². The Kier molecular flexibility index (Phi) is 5.94. The fourth-order valence-corrected chi connectivity index (χ4v) is 6.44. The maximum atomic E-state index is 13.2. The molecular formula is C27H26N4O4S. The molecule has 6 rings (SSSR count). The minimum Gasteiger partial charge on any atom is -0.454 e. The Morgan fingerprint density at radius 2 is 1.83 bits per heavy atom. The van der Waals surface area contributed by atoms with E-state index in [-0.39, 0.29) is 18.5 Å². The highest BCUT2D eigenvalue weighted by molar-refractivity contribution is 7.88. The standard InChI is InChI=1S/C27H26N4O4S/c32-36(33,17-19-7-2-1-3-8-19)31-14-6-9-21(16-31)27-29-25(26(30-27)22-10-4-5-13-28-22)20-11-12-23-24(15-20)35-18-34-23/h1-5,7-8,10-13,15,21H,6,9,14,16-18H2,(H,29,30). The van der Waals surface area contributed by atoms with Gasteiger partial charge in [0.25, 0.3) is 0 Å². The summed E-state index contributed by atoms with van der Waals surface area (Å²) in [6, 6.07) is 20.8. The first-order valence-electron chi connectivity index (χ1n) is 12.0. The quantitative estimate of drug-likeness (QED) is 0.415. The van der Waals surface area contributed by atoms with E-state index in [4.69, 9.17) is 14.5 Å². The van der Waals surface area contributed by atoms with Gasteiger partial charge in [0.1, 0.15) is 5.82 Å². The topological polar surface area (TPSA) is 97.4 Å². The van der Waals surface area contributed by atoms with Crippen molar-refractivity contribution in [2.45, 2.75) is 24.5 Å². The van der Waals surface area contributed by atoms with Crippen LogP contribution in [0.25, 0.3) is 22.6 Å². The van der Waals surface area contributed by atoms with E-state index in [2.05, 4.69) is 9.97 Å². The third-order valence-corrected chi connectivity index (χ3v) is 8.46. The lowest BCUT2D eigenvalue weighted by Gasteiger charge is -2.31. The van der Waals surface area contributed by atoms with Crippen molar-refractivity contribution in [1.29, 1.82) is 0 Å². The number of nitrogens with one attached hydrogen (secondary N) is 1. The van der Waals surface area contributed by atoms with E-state index in [9.17, 15) is 8.42 Å². The van der Waals surface area contributed by atoms with Gasteiger partial charge >= 0.3 is 0 Å². The second kappa shape index (κ2) is 9.40. The van der Waals surface area contributed by atoms with E-state index >= 15 is 0 Å². The van der Waals surface area contributed by atoms with Gasteiger partial charge in [0.15, 0.2) is 11.5 Å². The molecule has 0 spiro atoms. The third kappa shape index (κ3) is 4.47. The summed E-state index contributed by atoms with van der Waals surface area (Å²) in [5.74, 6) is 2.11. The molecule has 9 heteroatoms. The zero-order valence-electron chi connectivity index (χ0n) is 19.6. The Labute approximate surface area is 210 Å². The summed E-state index contributed by atoms with van der Waals surface area (Å²) in [4.78, 5) is 13.0. The molecule has 0 aliphatic carbocycles. The molecule has 1 atom stereocenters. The number of pyridine rings is 1. The van der Waals surface area contributed by atoms with Crippen molar-refractivity contribution in [3.63, 3.8) is 0 Å². The summed E-state index contributed by atoms with van der Waals surface area (Å²) < 4.78 is 39.1. The van der Waals surface area contributed by atoms with Gasteiger partial charge in [-0.1, -0.05) is 36.4 Å². The molecule has 1 unspecified atom stereocenters. The van der Waals surface area contributed by atoms with Gasteiger partial charge in [-0.3, -0.25) is 4.98 Å². The van der Waals surface area contributed by atoms with Gasteiger partial charge in [0.05, 0.1) is 22.8 Å². The molecule has 0 amide bonds. The number of sulfonamides is 1. The number of aromatic amines is 1. The van der Waals surface area contributed by atoms with Crippen LogP contribution in [0.5, 0.6) is 11.5 Å². The molecule has 2 aromatic carbocycles. The van der Waals surface area contributed by atoms with Crippen molar-refractivity contribution < 1.29 is 17.9 Å². The Hall–Kier alpha value is -3.69. The number of rotatable bonds is 6. The maximum Gasteiger partial charge on any atom is 0.231 e. The van der Waals surface area contributed by atoms with Crippen LogP contribution in [0.3, 0.4) is 0 Å². The van der Waals surface area contributed by atoms with Crippen molar-refractivity contribution >= 4 is 10.0 Å². The number of benzene rings is 2. The lowest BCUT2D eigenvalue weighted by molar-refractivity contribution is 0.174. The highest BCUT2D eigenvalue weighted by Gasteiger charge is 2.32. The van der Waals surface area contributed by atoms with Crippen molar-refractivity contribution in [2.24, 2.45) is 0 Å². The second-order valence-electron chi connectivity index (χ2n) is 9.07. The third-order valence-electron chi connectivity index (χ3n) is 6.65. The Balaban J connectivity index is 1.32. The molecule has 4 aromatic rings. The number of H-pyrrole nitrogens is 1. The van der Waals surface area contributed by atoms with Gasteiger partial charge in [-0.2, -0.15) is 0 Å². The van der Waals surface area contributed by atoms with E-state index in [1.165, 1.54) is 0 Å². The molecule has 2 aliphatic heterocycles. The zero-order valence-corrected chi connectivity index (χ0v) is 20.4. The fraction of sp³-hybridized carbons (Fsp3) is 0.259. The molecular weight excluding hydrogens is 476 g/mol. The van der Waals surface area contributed by atoms with E-state index < -0.39 is 10.0 Å². The summed E-state index contributed by atoms with van der Waals surface area (Å²) in [7, 11) is -3.44. The molecule has 0 bridgehead atoms. The van der Waals surface area contributed by atoms with Crippen LogP contribution in [0.2, 0.25) is 0 Å². The average molecular weight is 503 g/mol. The van der Waals surface area contributed by atoms with Crippen LogP contribution in [0.15, 0.2) is 72.9 Å². The largest absolute Gasteiger partial charge is 0.454 e. The van der Waals surface area contributed by atoms with E-state index in [1.807, 2.05) is 66.7 Å². The van der Waals surface area contributed by atoms with Crippen molar-refractivity contribution in [2.75, 3.05) is 19.9 Å². The fourth-order valence-electron chi connectivity index (χ4n) is 4.83. The second-order valence-corrected chi connectivity index (χ2v) is 11.0. The first kappa shape index (κ1) is 22.8. The number of hydrogen-bond donors (Lipinski definition) is 1. The van der Waals surface area contributed by atoms with Crippen LogP contribution < -0.4 is 9.47 Å². The minimum absolute atomic E-state index is 0.000344. The number of aromatic nitrogens is 3. The molecule has 8 nitrogen and oxygen atoms in total. The van der Waals surface area contributed by atoms with Crippen molar-refractivity contribution in [1.82, 2.24) is 19.3 Å². The van der Waals surface area contributed by atoms with Gasteiger partial charge < -0.3 is 14.5 Å². The first-order valence-corrected chi connectivity index (χ1v) is 13.6. The monoisotopic (exact) mass is 502 g/mol. The van der Waals surface area contributed by atoms with E-state index in [1.54, 1.807) is 10.5 Å². The lowest BCUT2D eigenvalue weighted by atomic mass is 9.99. The Morgan fingerprint density at radius 3 is 2.67 bits per heavy atom. The highest BCUT2D eigenvalue weighted by Crippen LogP contribution is 2.39. The van der Waals surface area contributed by atoms with Gasteiger partial charge in [-0.25, -0.2) is 17.7 Å². The smallest absolute Gasteiger partial charge is 0.231 e. The average Bonchev–Trinajstić information content (AvgIpc) is 3.57. The molecule has 1 saturated heterocycles. The predicted molar refractivity (Wildman–Crippen MR) is 136 cm³/mol. The normalized spacial score (nSPS) is 17.8. The SMILES string of the molecule is O=S(=O)(Cc1ccccc1)N1CCCC(c2nc(-c3ccc4c(c3)OCO4)c(-c3ccccn3)[nH]2)C1. The number of ether oxygens (including phenoxy) is 2. The Bertz CT molecular complexity index is 1470.